The Labute approximate surface area is 138 Å². The van der Waals surface area contributed by atoms with Crippen LogP contribution in [-0.4, -0.2) is 30.6 Å². The summed E-state index contributed by atoms with van der Waals surface area (Å²) in [5, 5.41) is 13.5. The summed E-state index contributed by atoms with van der Waals surface area (Å²) in [7, 11) is 4.10. The summed E-state index contributed by atoms with van der Waals surface area (Å²) in [5.41, 5.74) is 2.17. The molecule has 118 valence electrons. The van der Waals surface area contributed by atoms with Crippen molar-refractivity contribution < 1.29 is 5.11 Å². The van der Waals surface area contributed by atoms with Crippen LogP contribution in [0.25, 0.3) is 10.8 Å². The number of nitrogens with zero attached hydrogens (tertiary/aromatic N) is 1. The summed E-state index contributed by atoms with van der Waals surface area (Å²) in [5.74, 6) is 0.0264. The van der Waals surface area contributed by atoms with Gasteiger partial charge in [0.1, 0.15) is 0 Å². The first kappa shape index (κ1) is 15.7. The zero-order chi connectivity index (χ0) is 16.2. The van der Waals surface area contributed by atoms with E-state index in [1.54, 1.807) is 0 Å². The van der Waals surface area contributed by atoms with Crippen molar-refractivity contribution in [2.75, 3.05) is 20.6 Å². The average molecular weight is 305 g/mol. The minimum Gasteiger partial charge on any atom is -0.388 e. The van der Waals surface area contributed by atoms with E-state index in [9.17, 15) is 5.11 Å². The topological polar surface area (TPSA) is 23.5 Å². The summed E-state index contributed by atoms with van der Waals surface area (Å²) in [4.78, 5) is 2.14. The molecular formula is C21H23NO. The molecule has 0 amide bonds. The van der Waals surface area contributed by atoms with Gasteiger partial charge in [0, 0.05) is 12.5 Å². The van der Waals surface area contributed by atoms with Gasteiger partial charge in [0.25, 0.3) is 0 Å². The summed E-state index contributed by atoms with van der Waals surface area (Å²) < 4.78 is 0. The van der Waals surface area contributed by atoms with Crippen molar-refractivity contribution in [2.24, 2.45) is 0 Å². The van der Waals surface area contributed by atoms with E-state index in [4.69, 9.17) is 0 Å². The highest BCUT2D eigenvalue weighted by Crippen LogP contribution is 2.35. The van der Waals surface area contributed by atoms with Crippen molar-refractivity contribution in [1.29, 1.82) is 0 Å². The Morgan fingerprint density at radius 3 is 2.22 bits per heavy atom. The third-order valence-corrected chi connectivity index (χ3v) is 4.31. The molecule has 0 spiro atoms. The van der Waals surface area contributed by atoms with E-state index in [-0.39, 0.29) is 5.92 Å². The Bertz CT molecular complexity index is 762. The number of aliphatic hydroxyl groups excluding tert-OH is 1. The van der Waals surface area contributed by atoms with Gasteiger partial charge in [-0.25, -0.2) is 0 Å². The van der Waals surface area contributed by atoms with Crippen molar-refractivity contribution >= 4 is 10.8 Å². The molecular weight excluding hydrogens is 282 g/mol. The number of hydrogen-bond acceptors (Lipinski definition) is 2. The van der Waals surface area contributed by atoms with Gasteiger partial charge in [-0.2, -0.15) is 0 Å². The Kier molecular flexibility index (Phi) is 4.75. The molecule has 0 aliphatic heterocycles. The lowest BCUT2D eigenvalue weighted by Crippen LogP contribution is -2.25. The summed E-state index contributed by atoms with van der Waals surface area (Å²) in [6, 6.07) is 24.7. The lowest BCUT2D eigenvalue weighted by atomic mass is 9.86. The molecule has 0 aliphatic rings. The van der Waals surface area contributed by atoms with E-state index >= 15 is 0 Å². The van der Waals surface area contributed by atoms with Gasteiger partial charge in [0.05, 0.1) is 6.10 Å². The molecule has 3 aromatic rings. The zero-order valence-corrected chi connectivity index (χ0v) is 13.7. The fraction of sp³-hybridized carbons (Fsp3) is 0.238. The molecule has 1 N–H and O–H groups in total. The number of fused-ring (bicyclic) bond motifs is 1. The molecule has 0 radical (unpaired) electrons. The van der Waals surface area contributed by atoms with Crippen LogP contribution < -0.4 is 0 Å². The van der Waals surface area contributed by atoms with Crippen molar-refractivity contribution in [3.8, 4) is 0 Å². The van der Waals surface area contributed by atoms with E-state index in [0.717, 1.165) is 12.1 Å². The van der Waals surface area contributed by atoms with E-state index in [0.29, 0.717) is 0 Å². The Morgan fingerprint density at radius 2 is 1.48 bits per heavy atom. The first-order chi connectivity index (χ1) is 11.2. The molecule has 3 rings (SSSR count). The maximum absolute atomic E-state index is 11.0. The first-order valence-electron chi connectivity index (χ1n) is 8.02. The van der Waals surface area contributed by atoms with E-state index in [1.165, 1.54) is 16.3 Å². The average Bonchev–Trinajstić information content (AvgIpc) is 2.59. The quantitative estimate of drug-likeness (QED) is 0.763. The van der Waals surface area contributed by atoms with Gasteiger partial charge >= 0.3 is 0 Å². The Morgan fingerprint density at radius 1 is 0.826 bits per heavy atom. The van der Waals surface area contributed by atoms with Crippen molar-refractivity contribution in [2.45, 2.75) is 12.0 Å². The first-order valence-corrected chi connectivity index (χ1v) is 8.02. The van der Waals surface area contributed by atoms with E-state index in [1.807, 2.05) is 30.3 Å². The highest BCUT2D eigenvalue weighted by molar-refractivity contribution is 5.86. The lowest BCUT2D eigenvalue weighted by Gasteiger charge is -2.28. The number of rotatable bonds is 5. The summed E-state index contributed by atoms with van der Waals surface area (Å²) in [6.45, 7) is 0.796. The van der Waals surface area contributed by atoms with Crippen LogP contribution in [-0.2, 0) is 0 Å². The molecule has 0 heterocycles. The number of benzene rings is 3. The van der Waals surface area contributed by atoms with Crippen molar-refractivity contribution in [3.63, 3.8) is 0 Å². The molecule has 2 nitrogen and oxygen atoms in total. The summed E-state index contributed by atoms with van der Waals surface area (Å²) >= 11 is 0. The predicted octanol–water partition coefficient (Wildman–Crippen LogP) is 4.22. The fourth-order valence-corrected chi connectivity index (χ4v) is 3.22. The smallest absolute Gasteiger partial charge is 0.0871 e. The highest BCUT2D eigenvalue weighted by atomic mass is 16.3. The van der Waals surface area contributed by atoms with Gasteiger partial charge in [-0.3, -0.25) is 0 Å². The van der Waals surface area contributed by atoms with Crippen LogP contribution >= 0.6 is 0 Å². The molecule has 0 aromatic heterocycles. The Hall–Kier alpha value is -2.16. The normalized spacial score (nSPS) is 14.1. The minimum atomic E-state index is -0.524. The van der Waals surface area contributed by atoms with Gasteiger partial charge in [-0.05, 0) is 36.0 Å². The molecule has 3 aromatic carbocycles. The molecule has 2 heteroatoms. The van der Waals surface area contributed by atoms with E-state index < -0.39 is 6.10 Å². The van der Waals surface area contributed by atoms with Gasteiger partial charge in [-0.1, -0.05) is 72.8 Å². The van der Waals surface area contributed by atoms with Gasteiger partial charge in [0.15, 0.2) is 0 Å². The molecule has 0 bridgehead atoms. The largest absolute Gasteiger partial charge is 0.388 e. The molecule has 0 saturated heterocycles. The number of aliphatic hydroxyl groups is 1. The SMILES string of the molecule is CN(C)C[C@H](c1cccc2ccccc12)[C@H](O)c1ccccc1. The zero-order valence-electron chi connectivity index (χ0n) is 13.7. The highest BCUT2D eigenvalue weighted by Gasteiger charge is 2.24. The third-order valence-electron chi connectivity index (χ3n) is 4.31. The van der Waals surface area contributed by atoms with Crippen LogP contribution in [0, 0.1) is 0 Å². The van der Waals surface area contributed by atoms with E-state index in [2.05, 4.69) is 61.5 Å². The molecule has 0 unspecified atom stereocenters. The molecule has 23 heavy (non-hydrogen) atoms. The maximum Gasteiger partial charge on any atom is 0.0871 e. The van der Waals surface area contributed by atoms with Crippen LogP contribution in [0.3, 0.4) is 0 Å². The maximum atomic E-state index is 11.0. The molecule has 0 saturated carbocycles. The molecule has 0 fully saturated rings. The number of hydrogen-bond donors (Lipinski definition) is 1. The second kappa shape index (κ2) is 6.95. The van der Waals surface area contributed by atoms with Crippen LogP contribution in [0.4, 0.5) is 0 Å². The lowest BCUT2D eigenvalue weighted by molar-refractivity contribution is 0.129. The van der Waals surface area contributed by atoms with Crippen molar-refractivity contribution in [1.82, 2.24) is 4.90 Å². The second-order valence-corrected chi connectivity index (χ2v) is 6.29. The van der Waals surface area contributed by atoms with Gasteiger partial charge in [0.2, 0.25) is 0 Å². The van der Waals surface area contributed by atoms with Gasteiger partial charge in [-0.15, -0.1) is 0 Å². The van der Waals surface area contributed by atoms with Gasteiger partial charge < -0.3 is 10.0 Å². The van der Waals surface area contributed by atoms with Crippen LogP contribution in [0.5, 0.6) is 0 Å². The molecule has 0 aliphatic carbocycles. The predicted molar refractivity (Wildman–Crippen MR) is 96.6 cm³/mol. The van der Waals surface area contributed by atoms with Crippen LogP contribution in [0.1, 0.15) is 23.1 Å². The van der Waals surface area contributed by atoms with Crippen molar-refractivity contribution in [3.05, 3.63) is 83.9 Å². The standard InChI is InChI=1S/C21H23NO/c1-22(2)15-20(21(23)17-10-4-3-5-11-17)19-14-8-12-16-9-6-7-13-18(16)19/h3-14,20-21,23H,15H2,1-2H3/t20-,21-/m1/s1. The number of likely N-dealkylation sites (N-methyl/N-ethyl adjacent to an activating group) is 1. The van der Waals surface area contributed by atoms with Crippen LogP contribution in [0.15, 0.2) is 72.8 Å². The second-order valence-electron chi connectivity index (χ2n) is 6.29. The summed E-state index contributed by atoms with van der Waals surface area (Å²) in [6.07, 6.45) is -0.524. The van der Waals surface area contributed by atoms with Crippen LogP contribution in [0.2, 0.25) is 0 Å². The minimum absolute atomic E-state index is 0.0264. The fourth-order valence-electron chi connectivity index (χ4n) is 3.22. The molecule has 2 atom stereocenters. The Balaban J connectivity index is 2.08. The third kappa shape index (κ3) is 3.44. The monoisotopic (exact) mass is 305 g/mol.